The molecular formula is C22H24F3N7O2. The number of anilines is 1. The summed E-state index contributed by atoms with van der Waals surface area (Å²) in [6, 6.07) is 6.31. The van der Waals surface area contributed by atoms with Crippen LogP contribution in [0.25, 0.3) is 27.7 Å². The van der Waals surface area contributed by atoms with Crippen molar-refractivity contribution in [3.8, 4) is 17.0 Å². The Bertz CT molecular complexity index is 1440. The molecule has 3 heterocycles. The van der Waals surface area contributed by atoms with Gasteiger partial charge in [-0.2, -0.15) is 18.2 Å². The molecule has 34 heavy (non-hydrogen) atoms. The second-order valence-electron chi connectivity index (χ2n) is 8.85. The second-order valence-corrected chi connectivity index (χ2v) is 8.85. The van der Waals surface area contributed by atoms with Crippen molar-refractivity contribution in [2.45, 2.75) is 57.0 Å². The number of halogens is 3. The van der Waals surface area contributed by atoms with Crippen LogP contribution >= 0.6 is 0 Å². The fraction of sp³-hybridized carbons (Fsp3) is 0.455. The number of methoxy groups -OCH3 is 1. The van der Waals surface area contributed by atoms with E-state index in [2.05, 4.69) is 25.7 Å². The number of aromatic nitrogens is 6. The van der Waals surface area contributed by atoms with Crippen molar-refractivity contribution in [1.29, 1.82) is 0 Å². The minimum absolute atomic E-state index is 0.0165. The third kappa shape index (κ3) is 4.37. The Balaban J connectivity index is 1.54. The number of alkyl halides is 3. The standard InChI is InChI=1S/C22H24F3N7O2/c1-21(33)8-5-14(6-9-21)26-20-27-19(34-2)18-15(7-10-31(18)29-20)13-3-4-16-17(11-13)32(30-28-16)12-22(23,24)25/h3-4,7,10-11,14,33H,5-6,8-9,12H2,1-2H3,(H,26,29)/i2D3. The quantitative estimate of drug-likeness (QED) is 0.450. The highest BCUT2D eigenvalue weighted by molar-refractivity contribution is 5.89. The van der Waals surface area contributed by atoms with E-state index in [1.165, 1.54) is 16.6 Å². The van der Waals surface area contributed by atoms with Crippen LogP contribution in [0.1, 0.15) is 36.7 Å². The fourth-order valence-electron chi connectivity index (χ4n) is 4.34. The number of hydrogen-bond acceptors (Lipinski definition) is 7. The number of benzene rings is 1. The van der Waals surface area contributed by atoms with Gasteiger partial charge in [-0.25, -0.2) is 9.20 Å². The Morgan fingerprint density at radius 2 is 2.09 bits per heavy atom. The molecule has 0 radical (unpaired) electrons. The molecule has 1 aliphatic rings. The van der Waals surface area contributed by atoms with Gasteiger partial charge in [-0.3, -0.25) is 0 Å². The molecular weight excluding hydrogens is 451 g/mol. The molecule has 1 aliphatic carbocycles. The van der Waals surface area contributed by atoms with Crippen molar-refractivity contribution in [3.63, 3.8) is 0 Å². The molecule has 12 heteroatoms. The van der Waals surface area contributed by atoms with Gasteiger partial charge in [0.05, 0.1) is 22.3 Å². The van der Waals surface area contributed by atoms with Crippen LogP contribution in [0.5, 0.6) is 5.88 Å². The highest BCUT2D eigenvalue weighted by Gasteiger charge is 2.30. The number of aliphatic hydroxyl groups is 1. The van der Waals surface area contributed by atoms with Crippen LogP contribution < -0.4 is 10.1 Å². The Kier molecular flexibility index (Phi) is 4.52. The smallest absolute Gasteiger partial charge is 0.408 e. The molecule has 2 N–H and O–H groups in total. The first-order valence-electron chi connectivity index (χ1n) is 12.2. The minimum Gasteiger partial charge on any atom is -0.479 e. The first-order chi connectivity index (χ1) is 17.3. The Hall–Kier alpha value is -3.41. The molecule has 1 saturated carbocycles. The minimum atomic E-state index is -4.48. The predicted molar refractivity (Wildman–Crippen MR) is 119 cm³/mol. The lowest BCUT2D eigenvalue weighted by Gasteiger charge is -2.33. The molecule has 0 amide bonds. The van der Waals surface area contributed by atoms with Gasteiger partial charge in [0.15, 0.2) is 0 Å². The summed E-state index contributed by atoms with van der Waals surface area (Å²) in [6.07, 6.45) is -0.333. The summed E-state index contributed by atoms with van der Waals surface area (Å²) in [5.74, 6) is -0.0503. The van der Waals surface area contributed by atoms with Gasteiger partial charge in [-0.05, 0) is 56.4 Å². The van der Waals surface area contributed by atoms with Crippen LogP contribution in [-0.2, 0) is 6.54 Å². The molecule has 0 bridgehead atoms. The maximum Gasteiger partial charge on any atom is 0.408 e. The van der Waals surface area contributed by atoms with Crippen molar-refractivity contribution >= 4 is 22.5 Å². The SMILES string of the molecule is [2H]C([2H])([2H])Oc1nc(NC2CCC(C)(O)CC2)nn2ccc(-c3ccc4nnn(CC(F)(F)F)c4c3)c12. The lowest BCUT2D eigenvalue weighted by molar-refractivity contribution is -0.142. The number of nitrogens with one attached hydrogen (secondary N) is 1. The predicted octanol–water partition coefficient (Wildman–Crippen LogP) is 3.82. The lowest BCUT2D eigenvalue weighted by atomic mass is 9.84. The molecule has 0 aliphatic heterocycles. The summed E-state index contributed by atoms with van der Waals surface area (Å²) in [7, 11) is -2.81. The molecule has 180 valence electrons. The van der Waals surface area contributed by atoms with E-state index in [1.807, 2.05) is 0 Å². The van der Waals surface area contributed by atoms with Gasteiger partial charge >= 0.3 is 6.18 Å². The first kappa shape index (κ1) is 19.0. The van der Waals surface area contributed by atoms with Gasteiger partial charge < -0.3 is 15.2 Å². The van der Waals surface area contributed by atoms with Gasteiger partial charge in [0.1, 0.15) is 17.6 Å². The van der Waals surface area contributed by atoms with E-state index in [4.69, 9.17) is 8.85 Å². The van der Waals surface area contributed by atoms with E-state index in [9.17, 15) is 18.3 Å². The highest BCUT2D eigenvalue weighted by Crippen LogP contribution is 2.34. The summed E-state index contributed by atoms with van der Waals surface area (Å²) in [5, 5.41) is 25.2. The Labute approximate surface area is 196 Å². The lowest BCUT2D eigenvalue weighted by Crippen LogP contribution is -2.36. The molecule has 3 aromatic heterocycles. The molecule has 9 nitrogen and oxygen atoms in total. The topological polar surface area (TPSA) is 102 Å². The van der Waals surface area contributed by atoms with E-state index in [1.54, 1.807) is 25.3 Å². The molecule has 0 saturated heterocycles. The average molecular weight is 478 g/mol. The maximum absolute atomic E-state index is 13.0. The monoisotopic (exact) mass is 478 g/mol. The largest absolute Gasteiger partial charge is 0.479 e. The van der Waals surface area contributed by atoms with E-state index in [-0.39, 0.29) is 34.4 Å². The third-order valence-corrected chi connectivity index (χ3v) is 6.13. The molecule has 1 aromatic carbocycles. The van der Waals surface area contributed by atoms with Crippen molar-refractivity contribution < 1.29 is 27.1 Å². The van der Waals surface area contributed by atoms with Gasteiger partial charge in [0.2, 0.25) is 11.8 Å². The van der Waals surface area contributed by atoms with Gasteiger partial charge in [0.25, 0.3) is 0 Å². The fourth-order valence-corrected chi connectivity index (χ4v) is 4.34. The van der Waals surface area contributed by atoms with Crippen molar-refractivity contribution in [2.24, 2.45) is 0 Å². The first-order valence-corrected chi connectivity index (χ1v) is 10.7. The number of ether oxygens (including phenoxy) is 1. The van der Waals surface area contributed by atoms with E-state index in [0.29, 0.717) is 36.8 Å². The van der Waals surface area contributed by atoms with Crippen LogP contribution in [-0.4, -0.2) is 59.6 Å². The zero-order chi connectivity index (χ0) is 26.6. The molecule has 0 atom stereocenters. The van der Waals surface area contributed by atoms with Crippen molar-refractivity contribution in [2.75, 3.05) is 12.4 Å². The van der Waals surface area contributed by atoms with E-state index in [0.717, 1.165) is 4.68 Å². The van der Waals surface area contributed by atoms with Gasteiger partial charge in [0, 0.05) is 17.8 Å². The number of fused-ring (bicyclic) bond motifs is 2. The molecule has 5 rings (SSSR count). The summed E-state index contributed by atoms with van der Waals surface area (Å²) in [4.78, 5) is 4.33. The summed E-state index contributed by atoms with van der Waals surface area (Å²) >= 11 is 0. The third-order valence-electron chi connectivity index (χ3n) is 6.13. The Morgan fingerprint density at radius 3 is 2.82 bits per heavy atom. The second kappa shape index (κ2) is 8.12. The summed E-state index contributed by atoms with van der Waals surface area (Å²) in [5.41, 5.74) is 0.906. The molecule has 0 spiro atoms. The van der Waals surface area contributed by atoms with Crippen LogP contribution in [0.3, 0.4) is 0 Å². The van der Waals surface area contributed by atoms with Crippen molar-refractivity contribution in [1.82, 2.24) is 29.6 Å². The molecule has 1 fully saturated rings. The number of nitrogens with zero attached hydrogens (tertiary/aromatic N) is 6. The number of hydrogen-bond donors (Lipinski definition) is 2. The molecule has 0 unspecified atom stereocenters. The van der Waals surface area contributed by atoms with E-state index >= 15 is 0 Å². The maximum atomic E-state index is 13.0. The van der Waals surface area contributed by atoms with Crippen LogP contribution in [0.4, 0.5) is 19.1 Å². The summed E-state index contributed by atoms with van der Waals surface area (Å²) < 4.78 is 69.2. The summed E-state index contributed by atoms with van der Waals surface area (Å²) in [6.45, 7) is 0.491. The van der Waals surface area contributed by atoms with Crippen LogP contribution in [0, 0.1) is 0 Å². The highest BCUT2D eigenvalue weighted by atomic mass is 19.4. The van der Waals surface area contributed by atoms with Crippen LogP contribution in [0.2, 0.25) is 0 Å². The van der Waals surface area contributed by atoms with Crippen molar-refractivity contribution in [3.05, 3.63) is 30.5 Å². The zero-order valence-corrected chi connectivity index (χ0v) is 18.2. The molecule has 4 aromatic rings. The van der Waals surface area contributed by atoms with Gasteiger partial charge in [-0.15, -0.1) is 10.2 Å². The normalized spacial score (nSPS) is 23.0. The van der Waals surface area contributed by atoms with Crippen LogP contribution in [0.15, 0.2) is 30.5 Å². The Morgan fingerprint density at radius 1 is 1.29 bits per heavy atom. The van der Waals surface area contributed by atoms with E-state index < -0.39 is 25.4 Å². The average Bonchev–Trinajstić information content (AvgIpc) is 3.37. The van der Waals surface area contributed by atoms with Gasteiger partial charge in [-0.1, -0.05) is 11.3 Å². The number of rotatable bonds is 5. The zero-order valence-electron chi connectivity index (χ0n) is 21.2.